The van der Waals surface area contributed by atoms with E-state index in [4.69, 9.17) is 0 Å². The summed E-state index contributed by atoms with van der Waals surface area (Å²) >= 11 is 0. The van der Waals surface area contributed by atoms with Crippen LogP contribution in [-0.2, 0) is 6.54 Å². The summed E-state index contributed by atoms with van der Waals surface area (Å²) in [4.78, 5) is 0. The average molecular weight is 167 g/mol. The molecule has 0 fully saturated rings. The van der Waals surface area contributed by atoms with Crippen molar-refractivity contribution in [3.63, 3.8) is 0 Å². The van der Waals surface area contributed by atoms with Gasteiger partial charge < -0.3 is 5.32 Å². The van der Waals surface area contributed by atoms with Gasteiger partial charge in [0.25, 0.3) is 0 Å². The Morgan fingerprint density at radius 1 is 1.58 bits per heavy atom. The lowest BCUT2D eigenvalue weighted by molar-refractivity contribution is 0.707. The summed E-state index contributed by atoms with van der Waals surface area (Å²) in [6.07, 6.45) is 1.90. The number of hydrogen-bond donors (Lipinski definition) is 2. The maximum atomic E-state index is 4.03. The van der Waals surface area contributed by atoms with Crippen molar-refractivity contribution in [2.75, 3.05) is 6.54 Å². The lowest BCUT2D eigenvalue weighted by Gasteiger charge is -2.05. The second kappa shape index (κ2) is 4.26. The molecule has 2 N–H and O–H groups in total. The molecule has 0 saturated heterocycles. The Morgan fingerprint density at radius 3 is 2.92 bits per heavy atom. The summed E-state index contributed by atoms with van der Waals surface area (Å²) < 4.78 is 0. The molecule has 68 valence electrons. The molecule has 1 aromatic heterocycles. The summed E-state index contributed by atoms with van der Waals surface area (Å²) in [7, 11) is 0. The zero-order valence-electron chi connectivity index (χ0n) is 8.02. The van der Waals surface area contributed by atoms with Gasteiger partial charge in [0.2, 0.25) is 0 Å². The van der Waals surface area contributed by atoms with Gasteiger partial charge in [-0.2, -0.15) is 5.10 Å². The molecule has 0 aliphatic rings. The van der Waals surface area contributed by atoms with Gasteiger partial charge in [-0.3, -0.25) is 5.10 Å². The molecule has 3 nitrogen and oxygen atoms in total. The summed E-state index contributed by atoms with van der Waals surface area (Å²) in [5.41, 5.74) is 2.53. The fourth-order valence-electron chi connectivity index (χ4n) is 1.22. The van der Waals surface area contributed by atoms with Crippen molar-refractivity contribution >= 4 is 0 Å². The van der Waals surface area contributed by atoms with Crippen LogP contribution in [0, 0.1) is 0 Å². The summed E-state index contributed by atoms with van der Waals surface area (Å²) in [6.45, 7) is 8.37. The molecule has 0 atom stereocenters. The van der Waals surface area contributed by atoms with Crippen molar-refractivity contribution < 1.29 is 0 Å². The molecule has 1 heterocycles. The van der Waals surface area contributed by atoms with Gasteiger partial charge in [-0.15, -0.1) is 0 Å². The van der Waals surface area contributed by atoms with Gasteiger partial charge in [0.15, 0.2) is 0 Å². The predicted molar refractivity (Wildman–Crippen MR) is 50.1 cm³/mol. The Bertz CT molecular complexity index is 227. The van der Waals surface area contributed by atoms with Crippen molar-refractivity contribution in [1.29, 1.82) is 0 Å². The van der Waals surface area contributed by atoms with E-state index >= 15 is 0 Å². The molecule has 0 aliphatic heterocycles. The minimum atomic E-state index is 0.529. The largest absolute Gasteiger partial charge is 0.313 e. The third-order valence-electron chi connectivity index (χ3n) is 1.89. The van der Waals surface area contributed by atoms with Gasteiger partial charge in [-0.25, -0.2) is 0 Å². The van der Waals surface area contributed by atoms with Crippen LogP contribution < -0.4 is 5.32 Å². The van der Waals surface area contributed by atoms with E-state index in [9.17, 15) is 0 Å². The first kappa shape index (κ1) is 9.26. The van der Waals surface area contributed by atoms with E-state index in [2.05, 4.69) is 36.3 Å². The summed E-state index contributed by atoms with van der Waals surface area (Å²) in [5.74, 6) is 0.529. The number of nitrogens with one attached hydrogen (secondary N) is 2. The molecule has 0 amide bonds. The number of aromatic nitrogens is 2. The lowest BCUT2D eigenvalue weighted by atomic mass is 10.1. The SMILES string of the molecule is CCNCc1cn[nH]c1C(C)C. The highest BCUT2D eigenvalue weighted by Crippen LogP contribution is 2.15. The molecular weight excluding hydrogens is 150 g/mol. The quantitative estimate of drug-likeness (QED) is 0.715. The zero-order valence-corrected chi connectivity index (χ0v) is 8.02. The Kier molecular flexibility index (Phi) is 3.29. The average Bonchev–Trinajstić information content (AvgIpc) is 2.48. The van der Waals surface area contributed by atoms with E-state index < -0.39 is 0 Å². The third-order valence-corrected chi connectivity index (χ3v) is 1.89. The van der Waals surface area contributed by atoms with Crippen LogP contribution in [0.25, 0.3) is 0 Å². The predicted octanol–water partition coefficient (Wildman–Crippen LogP) is 1.64. The standard InChI is InChI=1S/C9H17N3/c1-4-10-5-8-6-11-12-9(8)7(2)3/h6-7,10H,4-5H2,1-3H3,(H,11,12). The topological polar surface area (TPSA) is 40.7 Å². The van der Waals surface area contributed by atoms with E-state index in [0.717, 1.165) is 13.1 Å². The number of aromatic amines is 1. The van der Waals surface area contributed by atoms with Crippen LogP contribution in [-0.4, -0.2) is 16.7 Å². The van der Waals surface area contributed by atoms with E-state index in [-0.39, 0.29) is 0 Å². The van der Waals surface area contributed by atoms with E-state index in [0.29, 0.717) is 5.92 Å². The molecule has 0 aliphatic carbocycles. The zero-order chi connectivity index (χ0) is 8.97. The first-order valence-electron chi connectivity index (χ1n) is 4.48. The minimum Gasteiger partial charge on any atom is -0.313 e. The fourth-order valence-corrected chi connectivity index (χ4v) is 1.22. The number of hydrogen-bond acceptors (Lipinski definition) is 2. The molecule has 0 saturated carbocycles. The maximum absolute atomic E-state index is 4.03. The summed E-state index contributed by atoms with van der Waals surface area (Å²) in [5, 5.41) is 10.3. The van der Waals surface area contributed by atoms with Crippen molar-refractivity contribution in [1.82, 2.24) is 15.5 Å². The molecule has 0 unspecified atom stereocenters. The summed E-state index contributed by atoms with van der Waals surface area (Å²) in [6, 6.07) is 0. The van der Waals surface area contributed by atoms with Crippen molar-refractivity contribution in [2.24, 2.45) is 0 Å². The Hall–Kier alpha value is -0.830. The second-order valence-corrected chi connectivity index (χ2v) is 3.24. The van der Waals surface area contributed by atoms with Crippen LogP contribution in [0.1, 0.15) is 37.9 Å². The highest BCUT2D eigenvalue weighted by atomic mass is 15.1. The Balaban J connectivity index is 2.64. The molecule has 0 aromatic carbocycles. The normalized spacial score (nSPS) is 11.0. The fraction of sp³-hybridized carbons (Fsp3) is 0.667. The molecule has 0 spiro atoms. The lowest BCUT2D eigenvalue weighted by Crippen LogP contribution is -2.12. The van der Waals surface area contributed by atoms with Gasteiger partial charge in [-0.05, 0) is 12.5 Å². The van der Waals surface area contributed by atoms with Crippen LogP contribution in [0.4, 0.5) is 0 Å². The van der Waals surface area contributed by atoms with Gasteiger partial charge >= 0.3 is 0 Å². The molecule has 0 bridgehead atoms. The maximum Gasteiger partial charge on any atom is 0.0535 e. The van der Waals surface area contributed by atoms with Crippen molar-refractivity contribution in [2.45, 2.75) is 33.2 Å². The van der Waals surface area contributed by atoms with E-state index in [1.807, 2.05) is 6.20 Å². The molecule has 1 aromatic rings. The minimum absolute atomic E-state index is 0.529. The molecule has 0 radical (unpaired) electrons. The Labute approximate surface area is 73.6 Å². The molecule has 1 rings (SSSR count). The van der Waals surface area contributed by atoms with Gasteiger partial charge in [0, 0.05) is 17.8 Å². The van der Waals surface area contributed by atoms with Gasteiger partial charge in [-0.1, -0.05) is 20.8 Å². The molecular formula is C9H17N3. The monoisotopic (exact) mass is 167 g/mol. The second-order valence-electron chi connectivity index (χ2n) is 3.24. The first-order valence-corrected chi connectivity index (χ1v) is 4.48. The van der Waals surface area contributed by atoms with Crippen molar-refractivity contribution in [3.8, 4) is 0 Å². The van der Waals surface area contributed by atoms with Gasteiger partial charge in [0.05, 0.1) is 6.20 Å². The highest BCUT2D eigenvalue weighted by molar-refractivity contribution is 5.18. The number of nitrogens with zero attached hydrogens (tertiary/aromatic N) is 1. The smallest absolute Gasteiger partial charge is 0.0535 e. The van der Waals surface area contributed by atoms with Crippen LogP contribution in [0.5, 0.6) is 0 Å². The van der Waals surface area contributed by atoms with Crippen molar-refractivity contribution in [3.05, 3.63) is 17.5 Å². The molecule has 12 heavy (non-hydrogen) atoms. The van der Waals surface area contributed by atoms with Crippen LogP contribution in [0.2, 0.25) is 0 Å². The van der Waals surface area contributed by atoms with Crippen LogP contribution in [0.3, 0.4) is 0 Å². The van der Waals surface area contributed by atoms with E-state index in [1.54, 1.807) is 0 Å². The van der Waals surface area contributed by atoms with Crippen LogP contribution >= 0.6 is 0 Å². The number of H-pyrrole nitrogens is 1. The van der Waals surface area contributed by atoms with E-state index in [1.165, 1.54) is 11.3 Å². The molecule has 3 heteroatoms. The highest BCUT2D eigenvalue weighted by Gasteiger charge is 2.07. The van der Waals surface area contributed by atoms with Gasteiger partial charge in [0.1, 0.15) is 0 Å². The third kappa shape index (κ3) is 2.08. The first-order chi connectivity index (χ1) is 5.75. The Morgan fingerprint density at radius 2 is 2.33 bits per heavy atom. The van der Waals surface area contributed by atoms with Crippen LogP contribution in [0.15, 0.2) is 6.20 Å². The number of rotatable bonds is 4.